The summed E-state index contributed by atoms with van der Waals surface area (Å²) in [5.41, 5.74) is 1.05. The summed E-state index contributed by atoms with van der Waals surface area (Å²) in [6, 6.07) is 5.22. The van der Waals surface area contributed by atoms with Gasteiger partial charge < -0.3 is 10.4 Å². The molecule has 0 aliphatic heterocycles. The summed E-state index contributed by atoms with van der Waals surface area (Å²) in [6.45, 7) is 2.47. The Morgan fingerprint density at radius 1 is 1.39 bits per heavy atom. The summed E-state index contributed by atoms with van der Waals surface area (Å²) in [7, 11) is 0. The van der Waals surface area contributed by atoms with Gasteiger partial charge in [-0.25, -0.2) is 0 Å². The van der Waals surface area contributed by atoms with Crippen molar-refractivity contribution in [1.29, 1.82) is 0 Å². The van der Waals surface area contributed by atoms with E-state index in [2.05, 4.69) is 15.6 Å². The standard InChI is InChI=1S/C12H15ClN4O/c13-11-8-10(2-3-12(11)18)9-14-4-1-6-17-7-5-15-16-17/h2-3,5,7-8,14,18H,1,4,6,9H2. The Morgan fingerprint density at radius 3 is 3.00 bits per heavy atom. The minimum Gasteiger partial charge on any atom is -0.506 e. The monoisotopic (exact) mass is 266 g/mol. The number of rotatable bonds is 6. The molecule has 1 heterocycles. The predicted octanol–water partition coefficient (Wildman–Crippen LogP) is 1.82. The van der Waals surface area contributed by atoms with Gasteiger partial charge in [0.2, 0.25) is 0 Å². The number of aromatic nitrogens is 3. The van der Waals surface area contributed by atoms with Crippen LogP contribution in [0.15, 0.2) is 30.6 Å². The van der Waals surface area contributed by atoms with E-state index in [0.29, 0.717) is 5.02 Å². The molecule has 0 atom stereocenters. The molecule has 0 radical (unpaired) electrons. The smallest absolute Gasteiger partial charge is 0.134 e. The molecular weight excluding hydrogens is 252 g/mol. The van der Waals surface area contributed by atoms with Gasteiger partial charge in [0, 0.05) is 19.3 Å². The third-order valence-electron chi connectivity index (χ3n) is 2.55. The SMILES string of the molecule is Oc1ccc(CNCCCn2ccnn2)cc1Cl. The van der Waals surface area contributed by atoms with Crippen LogP contribution < -0.4 is 5.32 Å². The van der Waals surface area contributed by atoms with E-state index in [1.165, 1.54) is 0 Å². The summed E-state index contributed by atoms with van der Waals surface area (Å²) >= 11 is 5.83. The quantitative estimate of drug-likeness (QED) is 0.783. The Balaban J connectivity index is 1.67. The maximum Gasteiger partial charge on any atom is 0.134 e. The van der Waals surface area contributed by atoms with Crippen molar-refractivity contribution >= 4 is 11.6 Å². The number of nitrogens with zero attached hydrogens (tertiary/aromatic N) is 3. The zero-order valence-electron chi connectivity index (χ0n) is 9.88. The Morgan fingerprint density at radius 2 is 2.28 bits per heavy atom. The Bertz CT molecular complexity index is 487. The lowest BCUT2D eigenvalue weighted by Crippen LogP contribution is -2.16. The normalized spacial score (nSPS) is 10.7. The van der Waals surface area contributed by atoms with E-state index in [1.54, 1.807) is 23.0 Å². The third-order valence-corrected chi connectivity index (χ3v) is 2.86. The van der Waals surface area contributed by atoms with Crippen molar-refractivity contribution in [2.24, 2.45) is 0 Å². The largest absolute Gasteiger partial charge is 0.506 e. The second kappa shape index (κ2) is 6.37. The molecule has 0 aliphatic rings. The van der Waals surface area contributed by atoms with E-state index in [4.69, 9.17) is 11.6 Å². The third kappa shape index (κ3) is 3.72. The lowest BCUT2D eigenvalue weighted by atomic mass is 10.2. The van der Waals surface area contributed by atoms with Crippen molar-refractivity contribution in [3.63, 3.8) is 0 Å². The highest BCUT2D eigenvalue weighted by molar-refractivity contribution is 6.32. The molecule has 5 nitrogen and oxygen atoms in total. The van der Waals surface area contributed by atoms with Gasteiger partial charge in [0.25, 0.3) is 0 Å². The van der Waals surface area contributed by atoms with Crippen LogP contribution in [0.5, 0.6) is 5.75 Å². The summed E-state index contributed by atoms with van der Waals surface area (Å²) in [4.78, 5) is 0. The van der Waals surface area contributed by atoms with Gasteiger partial charge in [0.15, 0.2) is 0 Å². The van der Waals surface area contributed by atoms with Gasteiger partial charge >= 0.3 is 0 Å². The van der Waals surface area contributed by atoms with Crippen LogP contribution >= 0.6 is 11.6 Å². The van der Waals surface area contributed by atoms with Crippen LogP contribution in [-0.2, 0) is 13.1 Å². The molecule has 2 rings (SSSR count). The van der Waals surface area contributed by atoms with Gasteiger partial charge in [-0.1, -0.05) is 22.9 Å². The molecule has 0 fully saturated rings. The average molecular weight is 267 g/mol. The molecule has 2 aromatic rings. The van der Waals surface area contributed by atoms with Gasteiger partial charge in [-0.15, -0.1) is 5.10 Å². The maximum absolute atomic E-state index is 9.29. The zero-order chi connectivity index (χ0) is 12.8. The van der Waals surface area contributed by atoms with Gasteiger partial charge in [-0.05, 0) is 30.7 Å². The highest BCUT2D eigenvalue weighted by Crippen LogP contribution is 2.23. The summed E-state index contributed by atoms with van der Waals surface area (Å²) in [6.07, 6.45) is 4.50. The predicted molar refractivity (Wildman–Crippen MR) is 69.5 cm³/mol. The molecule has 1 aromatic carbocycles. The van der Waals surface area contributed by atoms with E-state index in [1.807, 2.05) is 12.3 Å². The molecule has 0 bridgehead atoms. The van der Waals surface area contributed by atoms with Crippen molar-refractivity contribution in [2.45, 2.75) is 19.5 Å². The van der Waals surface area contributed by atoms with Crippen LogP contribution in [0.25, 0.3) is 0 Å². The molecule has 0 aliphatic carbocycles. The van der Waals surface area contributed by atoms with Crippen LogP contribution in [0, 0.1) is 0 Å². The van der Waals surface area contributed by atoms with Gasteiger partial charge in [0.05, 0.1) is 11.2 Å². The summed E-state index contributed by atoms with van der Waals surface area (Å²) in [5.74, 6) is 0.117. The number of benzene rings is 1. The Hall–Kier alpha value is -1.59. The second-order valence-electron chi connectivity index (χ2n) is 3.98. The maximum atomic E-state index is 9.29. The number of phenols is 1. The molecule has 0 amide bonds. The minimum absolute atomic E-state index is 0.117. The van der Waals surface area contributed by atoms with Crippen LogP contribution in [0.1, 0.15) is 12.0 Å². The topological polar surface area (TPSA) is 63.0 Å². The molecule has 1 aromatic heterocycles. The number of aromatic hydroxyl groups is 1. The fourth-order valence-electron chi connectivity index (χ4n) is 1.61. The van der Waals surface area contributed by atoms with Crippen molar-refractivity contribution in [2.75, 3.05) is 6.54 Å². The lowest BCUT2D eigenvalue weighted by Gasteiger charge is -2.06. The summed E-state index contributed by atoms with van der Waals surface area (Å²) in [5, 5.41) is 20.6. The van der Waals surface area contributed by atoms with Crippen LogP contribution in [-0.4, -0.2) is 26.6 Å². The molecule has 0 unspecified atom stereocenters. The van der Waals surface area contributed by atoms with Gasteiger partial charge in [-0.2, -0.15) is 0 Å². The van der Waals surface area contributed by atoms with Crippen LogP contribution in [0.4, 0.5) is 0 Å². The fraction of sp³-hybridized carbons (Fsp3) is 0.333. The first-order valence-corrected chi connectivity index (χ1v) is 6.16. The van der Waals surface area contributed by atoms with E-state index in [9.17, 15) is 5.11 Å². The number of phenolic OH excluding ortho intramolecular Hbond substituents is 1. The van der Waals surface area contributed by atoms with E-state index in [-0.39, 0.29) is 5.75 Å². The first-order chi connectivity index (χ1) is 8.75. The molecule has 96 valence electrons. The number of aryl methyl sites for hydroxylation is 1. The number of nitrogens with one attached hydrogen (secondary N) is 1. The van der Waals surface area contributed by atoms with Crippen molar-refractivity contribution < 1.29 is 5.11 Å². The van der Waals surface area contributed by atoms with Crippen molar-refractivity contribution in [1.82, 2.24) is 20.3 Å². The number of halogens is 1. The number of hydrogen-bond acceptors (Lipinski definition) is 4. The first kappa shape index (κ1) is 12.9. The second-order valence-corrected chi connectivity index (χ2v) is 4.39. The first-order valence-electron chi connectivity index (χ1n) is 5.78. The van der Waals surface area contributed by atoms with Gasteiger partial charge in [0.1, 0.15) is 5.75 Å². The van der Waals surface area contributed by atoms with Crippen LogP contribution in [0.3, 0.4) is 0 Å². The minimum atomic E-state index is 0.117. The van der Waals surface area contributed by atoms with Crippen molar-refractivity contribution in [3.05, 3.63) is 41.2 Å². The van der Waals surface area contributed by atoms with E-state index in [0.717, 1.165) is 31.6 Å². The molecule has 0 saturated carbocycles. The molecule has 0 saturated heterocycles. The molecule has 18 heavy (non-hydrogen) atoms. The van der Waals surface area contributed by atoms with E-state index >= 15 is 0 Å². The van der Waals surface area contributed by atoms with Crippen LogP contribution in [0.2, 0.25) is 5.02 Å². The number of hydrogen-bond donors (Lipinski definition) is 2. The average Bonchev–Trinajstić information content (AvgIpc) is 2.86. The Labute approximate surface area is 110 Å². The summed E-state index contributed by atoms with van der Waals surface area (Å²) < 4.78 is 1.80. The van der Waals surface area contributed by atoms with Crippen molar-refractivity contribution in [3.8, 4) is 5.75 Å². The molecule has 2 N–H and O–H groups in total. The fourth-order valence-corrected chi connectivity index (χ4v) is 1.81. The molecule has 0 spiro atoms. The van der Waals surface area contributed by atoms with E-state index < -0.39 is 0 Å². The lowest BCUT2D eigenvalue weighted by molar-refractivity contribution is 0.475. The highest BCUT2D eigenvalue weighted by Gasteiger charge is 1.99. The van der Waals surface area contributed by atoms with Gasteiger partial charge in [-0.3, -0.25) is 4.68 Å². The molecule has 6 heteroatoms. The highest BCUT2D eigenvalue weighted by atomic mass is 35.5. The zero-order valence-corrected chi connectivity index (χ0v) is 10.6. The Kier molecular flexibility index (Phi) is 4.55. The molecular formula is C12H15ClN4O.